The lowest BCUT2D eigenvalue weighted by Gasteiger charge is -2.17. The van der Waals surface area contributed by atoms with Crippen LogP contribution in [0, 0.1) is 5.82 Å². The van der Waals surface area contributed by atoms with Crippen molar-refractivity contribution in [1.29, 1.82) is 0 Å². The maximum atomic E-state index is 12.8. The number of carboxylic acid groups (broad SMARTS) is 1. The number of carbonyl (C=O) groups is 2. The van der Waals surface area contributed by atoms with Crippen LogP contribution in [0.4, 0.5) is 4.39 Å². The fourth-order valence-corrected chi connectivity index (χ4v) is 2.29. The standard InChI is InChI=1S/C18H18FNO3/c19-15-9-6-13(7-10-15)8-11-17(21)20-16(12-18(22)23)14-4-2-1-3-5-14/h1-7,9-10,16H,8,11-12H2,(H,20,21)(H,22,23). The van der Waals surface area contributed by atoms with Crippen molar-refractivity contribution in [2.45, 2.75) is 25.3 Å². The first-order valence-corrected chi connectivity index (χ1v) is 7.35. The van der Waals surface area contributed by atoms with Crippen molar-refractivity contribution < 1.29 is 19.1 Å². The summed E-state index contributed by atoms with van der Waals surface area (Å²) in [5.74, 6) is -1.52. The predicted octanol–water partition coefficient (Wildman–Crippen LogP) is 3.09. The average Bonchev–Trinajstić information content (AvgIpc) is 2.54. The molecule has 1 atom stereocenters. The lowest BCUT2D eigenvalue weighted by Crippen LogP contribution is -2.30. The zero-order chi connectivity index (χ0) is 16.7. The maximum absolute atomic E-state index is 12.8. The van der Waals surface area contributed by atoms with Gasteiger partial charge in [0.2, 0.25) is 5.91 Å². The Labute approximate surface area is 134 Å². The largest absolute Gasteiger partial charge is 0.481 e. The van der Waals surface area contributed by atoms with Gasteiger partial charge in [0.15, 0.2) is 0 Å². The molecule has 0 bridgehead atoms. The number of carboxylic acids is 1. The Hall–Kier alpha value is -2.69. The molecule has 2 N–H and O–H groups in total. The fraction of sp³-hybridized carbons (Fsp3) is 0.222. The van der Waals surface area contributed by atoms with Gasteiger partial charge in [0.25, 0.3) is 0 Å². The van der Waals surface area contributed by atoms with Gasteiger partial charge in [0.05, 0.1) is 12.5 Å². The van der Waals surface area contributed by atoms with E-state index in [1.54, 1.807) is 36.4 Å². The second kappa shape index (κ2) is 8.08. The highest BCUT2D eigenvalue weighted by Gasteiger charge is 2.17. The van der Waals surface area contributed by atoms with Gasteiger partial charge in [-0.25, -0.2) is 4.39 Å². The van der Waals surface area contributed by atoms with Crippen molar-refractivity contribution in [2.75, 3.05) is 0 Å². The van der Waals surface area contributed by atoms with Crippen molar-refractivity contribution in [2.24, 2.45) is 0 Å². The zero-order valence-corrected chi connectivity index (χ0v) is 12.5. The Kier molecular flexibility index (Phi) is 5.86. The molecule has 1 unspecified atom stereocenters. The number of aliphatic carboxylic acids is 1. The molecule has 4 nitrogen and oxygen atoms in total. The van der Waals surface area contributed by atoms with Crippen LogP contribution < -0.4 is 5.32 Å². The summed E-state index contributed by atoms with van der Waals surface area (Å²) in [7, 11) is 0. The Morgan fingerprint density at radius 1 is 1.04 bits per heavy atom. The number of amides is 1. The quantitative estimate of drug-likeness (QED) is 0.825. The number of rotatable bonds is 7. The Morgan fingerprint density at radius 2 is 1.70 bits per heavy atom. The van der Waals surface area contributed by atoms with Gasteiger partial charge in [0.1, 0.15) is 5.82 Å². The third-order valence-corrected chi connectivity index (χ3v) is 3.47. The van der Waals surface area contributed by atoms with E-state index >= 15 is 0 Å². The molecule has 0 spiro atoms. The summed E-state index contributed by atoms with van der Waals surface area (Å²) < 4.78 is 12.8. The summed E-state index contributed by atoms with van der Waals surface area (Å²) in [5, 5.41) is 11.8. The lowest BCUT2D eigenvalue weighted by molar-refractivity contribution is -0.137. The van der Waals surface area contributed by atoms with Gasteiger partial charge in [-0.15, -0.1) is 0 Å². The van der Waals surface area contributed by atoms with Crippen molar-refractivity contribution in [3.05, 3.63) is 71.5 Å². The van der Waals surface area contributed by atoms with Crippen LogP contribution in [0.3, 0.4) is 0 Å². The Morgan fingerprint density at radius 3 is 2.30 bits per heavy atom. The summed E-state index contributed by atoms with van der Waals surface area (Å²) in [6, 6.07) is 14.4. The molecule has 1 amide bonds. The van der Waals surface area contributed by atoms with Gasteiger partial charge < -0.3 is 10.4 Å². The first kappa shape index (κ1) is 16.7. The number of hydrogen-bond acceptors (Lipinski definition) is 2. The van der Waals surface area contributed by atoms with Crippen molar-refractivity contribution in [3.63, 3.8) is 0 Å². The molecule has 2 aromatic carbocycles. The molecule has 0 fully saturated rings. The van der Waals surface area contributed by atoms with Gasteiger partial charge in [0, 0.05) is 6.42 Å². The summed E-state index contributed by atoms with van der Waals surface area (Å²) in [4.78, 5) is 23.1. The highest BCUT2D eigenvalue weighted by atomic mass is 19.1. The van der Waals surface area contributed by atoms with E-state index in [1.807, 2.05) is 6.07 Å². The van der Waals surface area contributed by atoms with Crippen LogP contribution in [0.2, 0.25) is 0 Å². The first-order chi connectivity index (χ1) is 11.0. The molecule has 0 aliphatic carbocycles. The topological polar surface area (TPSA) is 66.4 Å². The molecule has 2 rings (SSSR count). The highest BCUT2D eigenvalue weighted by Crippen LogP contribution is 2.17. The smallest absolute Gasteiger partial charge is 0.305 e. The van der Waals surface area contributed by atoms with E-state index in [9.17, 15) is 14.0 Å². The van der Waals surface area contributed by atoms with Gasteiger partial charge >= 0.3 is 5.97 Å². The van der Waals surface area contributed by atoms with E-state index in [0.29, 0.717) is 6.42 Å². The van der Waals surface area contributed by atoms with E-state index in [2.05, 4.69) is 5.32 Å². The van der Waals surface area contributed by atoms with Gasteiger partial charge in [-0.05, 0) is 29.7 Å². The number of halogens is 1. The van der Waals surface area contributed by atoms with E-state index in [-0.39, 0.29) is 24.6 Å². The number of hydrogen-bond donors (Lipinski definition) is 2. The first-order valence-electron chi connectivity index (χ1n) is 7.35. The van der Waals surface area contributed by atoms with Crippen molar-refractivity contribution in [3.8, 4) is 0 Å². The highest BCUT2D eigenvalue weighted by molar-refractivity contribution is 5.78. The van der Waals surface area contributed by atoms with Crippen LogP contribution in [0.15, 0.2) is 54.6 Å². The van der Waals surface area contributed by atoms with E-state index < -0.39 is 12.0 Å². The second-order valence-electron chi connectivity index (χ2n) is 5.26. The van der Waals surface area contributed by atoms with Gasteiger partial charge in [-0.3, -0.25) is 9.59 Å². The molecule has 0 heterocycles. The van der Waals surface area contributed by atoms with E-state index in [0.717, 1.165) is 11.1 Å². The minimum Gasteiger partial charge on any atom is -0.481 e. The van der Waals surface area contributed by atoms with Crippen LogP contribution in [0.1, 0.15) is 30.0 Å². The van der Waals surface area contributed by atoms with Crippen LogP contribution in [0.5, 0.6) is 0 Å². The average molecular weight is 315 g/mol. The number of carbonyl (C=O) groups excluding carboxylic acids is 1. The minimum atomic E-state index is -0.974. The molecule has 0 aliphatic heterocycles. The van der Waals surface area contributed by atoms with Crippen LogP contribution in [-0.4, -0.2) is 17.0 Å². The normalized spacial score (nSPS) is 11.7. The Balaban J connectivity index is 1.94. The molecule has 5 heteroatoms. The molecule has 120 valence electrons. The molecule has 0 radical (unpaired) electrons. The lowest BCUT2D eigenvalue weighted by atomic mass is 10.0. The molecule has 0 aliphatic rings. The third-order valence-electron chi connectivity index (χ3n) is 3.47. The summed E-state index contributed by atoms with van der Waals surface area (Å²) >= 11 is 0. The number of benzene rings is 2. The zero-order valence-electron chi connectivity index (χ0n) is 12.5. The molecule has 0 aromatic heterocycles. The summed E-state index contributed by atoms with van der Waals surface area (Å²) in [6.07, 6.45) is 0.515. The predicted molar refractivity (Wildman–Crippen MR) is 84.3 cm³/mol. The maximum Gasteiger partial charge on any atom is 0.305 e. The van der Waals surface area contributed by atoms with E-state index in [4.69, 9.17) is 5.11 Å². The SMILES string of the molecule is O=C(O)CC(NC(=O)CCc1ccc(F)cc1)c1ccccc1. The number of aryl methyl sites for hydroxylation is 1. The minimum absolute atomic E-state index is 0.174. The molecule has 0 saturated carbocycles. The van der Waals surface area contributed by atoms with Crippen LogP contribution in [-0.2, 0) is 16.0 Å². The van der Waals surface area contributed by atoms with E-state index in [1.165, 1.54) is 12.1 Å². The van der Waals surface area contributed by atoms with Crippen molar-refractivity contribution in [1.82, 2.24) is 5.32 Å². The second-order valence-corrected chi connectivity index (χ2v) is 5.26. The van der Waals surface area contributed by atoms with Crippen LogP contribution >= 0.6 is 0 Å². The van der Waals surface area contributed by atoms with Gasteiger partial charge in [-0.1, -0.05) is 42.5 Å². The van der Waals surface area contributed by atoms with Crippen molar-refractivity contribution >= 4 is 11.9 Å². The Bertz CT molecular complexity index is 656. The monoisotopic (exact) mass is 315 g/mol. The molecule has 0 saturated heterocycles. The van der Waals surface area contributed by atoms with Crippen LogP contribution in [0.25, 0.3) is 0 Å². The molecule has 2 aromatic rings. The molecular weight excluding hydrogens is 297 g/mol. The summed E-state index contributed by atoms with van der Waals surface area (Å²) in [6.45, 7) is 0. The fourth-order valence-electron chi connectivity index (χ4n) is 2.29. The molecular formula is C18H18FNO3. The van der Waals surface area contributed by atoms with Gasteiger partial charge in [-0.2, -0.15) is 0 Å². The summed E-state index contributed by atoms with van der Waals surface area (Å²) in [5.41, 5.74) is 1.61. The molecule has 23 heavy (non-hydrogen) atoms. The third kappa shape index (κ3) is 5.54. The number of nitrogens with one attached hydrogen (secondary N) is 1.